The predicted molar refractivity (Wildman–Crippen MR) is 59.4 cm³/mol. The van der Waals surface area contributed by atoms with Gasteiger partial charge in [-0.05, 0) is 12.0 Å². The fourth-order valence-corrected chi connectivity index (χ4v) is 1.44. The number of hydrogen-bond donors (Lipinski definition) is 0. The van der Waals surface area contributed by atoms with Gasteiger partial charge >= 0.3 is 6.18 Å². The second-order valence-electron chi connectivity index (χ2n) is 3.89. The number of rotatable bonds is 6. The van der Waals surface area contributed by atoms with Crippen molar-refractivity contribution in [1.82, 2.24) is 4.98 Å². The number of aromatic nitrogens is 1. The quantitative estimate of drug-likeness (QED) is 0.790. The van der Waals surface area contributed by atoms with E-state index in [9.17, 15) is 18.0 Å². The summed E-state index contributed by atoms with van der Waals surface area (Å²) >= 11 is 0. The maximum Gasteiger partial charge on any atom is 0.389 e. The van der Waals surface area contributed by atoms with E-state index in [0.717, 1.165) is 0 Å². The Balaban J connectivity index is 2.35. The van der Waals surface area contributed by atoms with Gasteiger partial charge in [-0.2, -0.15) is 13.2 Å². The number of carbonyl (C=O) groups is 1. The van der Waals surface area contributed by atoms with Crippen LogP contribution in [0.1, 0.15) is 24.8 Å². The first kappa shape index (κ1) is 14.5. The number of nitrogens with zero attached hydrogens (tertiary/aromatic N) is 1. The fraction of sp³-hybridized carbons (Fsp3) is 0.500. The van der Waals surface area contributed by atoms with Crippen LogP contribution in [0.15, 0.2) is 18.3 Å². The van der Waals surface area contributed by atoms with Gasteiger partial charge in [0.2, 0.25) is 5.88 Å². The molecule has 0 fully saturated rings. The molecule has 1 heterocycles. The highest BCUT2D eigenvalue weighted by Crippen LogP contribution is 2.22. The molecule has 1 rings (SSSR count). The molecule has 0 aliphatic carbocycles. The van der Waals surface area contributed by atoms with Gasteiger partial charge in [-0.15, -0.1) is 0 Å². The molecule has 0 bridgehead atoms. The van der Waals surface area contributed by atoms with Crippen molar-refractivity contribution in [2.45, 2.75) is 31.9 Å². The summed E-state index contributed by atoms with van der Waals surface area (Å²) in [6.45, 7) is 0. The normalized spacial score (nSPS) is 11.3. The maximum absolute atomic E-state index is 11.9. The summed E-state index contributed by atoms with van der Waals surface area (Å²) in [4.78, 5) is 15.3. The zero-order valence-corrected chi connectivity index (χ0v) is 9.96. The molecule has 0 amide bonds. The molecule has 0 saturated heterocycles. The number of methoxy groups -OCH3 is 1. The smallest absolute Gasteiger partial charge is 0.389 e. The number of ketones is 1. The summed E-state index contributed by atoms with van der Waals surface area (Å²) in [5.41, 5.74) is 0.674. The van der Waals surface area contributed by atoms with Gasteiger partial charge in [0.1, 0.15) is 5.78 Å². The van der Waals surface area contributed by atoms with Crippen LogP contribution >= 0.6 is 0 Å². The van der Waals surface area contributed by atoms with Crippen molar-refractivity contribution < 1.29 is 22.7 Å². The van der Waals surface area contributed by atoms with Crippen LogP contribution in [0.2, 0.25) is 0 Å². The van der Waals surface area contributed by atoms with Gasteiger partial charge in [0.25, 0.3) is 0 Å². The lowest BCUT2D eigenvalue weighted by Gasteiger charge is -2.05. The minimum absolute atomic E-state index is 0.0639. The lowest BCUT2D eigenvalue weighted by atomic mass is 10.1. The lowest BCUT2D eigenvalue weighted by molar-refractivity contribution is -0.137. The van der Waals surface area contributed by atoms with Crippen molar-refractivity contribution in [2.75, 3.05) is 7.11 Å². The SMILES string of the molecule is COc1ccc(CC(=O)CCCC(F)(F)F)cn1. The lowest BCUT2D eigenvalue weighted by Crippen LogP contribution is -2.09. The van der Waals surface area contributed by atoms with E-state index in [1.807, 2.05) is 0 Å². The second-order valence-corrected chi connectivity index (χ2v) is 3.89. The number of ether oxygens (including phenoxy) is 1. The molecule has 1 aromatic rings. The number of Topliss-reactive ketones (excluding diaryl/α,β-unsaturated/α-hetero) is 1. The Bertz CT molecular complexity index is 387. The van der Waals surface area contributed by atoms with E-state index in [-0.39, 0.29) is 25.0 Å². The van der Waals surface area contributed by atoms with Crippen molar-refractivity contribution in [3.63, 3.8) is 0 Å². The first-order valence-corrected chi connectivity index (χ1v) is 5.48. The van der Waals surface area contributed by atoms with Crippen LogP contribution in [0.25, 0.3) is 0 Å². The standard InChI is InChI=1S/C12H14F3NO2/c1-18-11-5-4-9(8-16-11)7-10(17)3-2-6-12(13,14)15/h4-5,8H,2-3,6-7H2,1H3. The number of hydrogen-bond acceptors (Lipinski definition) is 3. The molecular formula is C12H14F3NO2. The average molecular weight is 261 g/mol. The molecular weight excluding hydrogens is 247 g/mol. The van der Waals surface area contributed by atoms with Crippen molar-refractivity contribution in [3.8, 4) is 5.88 Å². The Hall–Kier alpha value is -1.59. The molecule has 0 aromatic carbocycles. The van der Waals surface area contributed by atoms with Gasteiger partial charge in [0, 0.05) is 31.5 Å². The molecule has 0 unspecified atom stereocenters. The Labute approximate surface area is 103 Å². The van der Waals surface area contributed by atoms with E-state index in [4.69, 9.17) is 4.74 Å². The summed E-state index contributed by atoms with van der Waals surface area (Å²) < 4.78 is 40.5. The molecule has 0 spiro atoms. The molecule has 1 aromatic heterocycles. The van der Waals surface area contributed by atoms with E-state index >= 15 is 0 Å². The second kappa shape index (κ2) is 6.37. The summed E-state index contributed by atoms with van der Waals surface area (Å²) in [7, 11) is 1.48. The zero-order chi connectivity index (χ0) is 13.6. The third kappa shape index (κ3) is 5.65. The van der Waals surface area contributed by atoms with E-state index < -0.39 is 12.6 Å². The van der Waals surface area contributed by atoms with Crippen LogP contribution in [-0.4, -0.2) is 24.1 Å². The van der Waals surface area contributed by atoms with E-state index in [1.165, 1.54) is 13.3 Å². The number of alkyl halides is 3. The van der Waals surface area contributed by atoms with Gasteiger partial charge in [-0.1, -0.05) is 6.07 Å². The molecule has 0 N–H and O–H groups in total. The Morgan fingerprint density at radius 2 is 2.11 bits per heavy atom. The van der Waals surface area contributed by atoms with E-state index in [1.54, 1.807) is 12.1 Å². The molecule has 0 aliphatic heterocycles. The molecule has 6 heteroatoms. The highest BCUT2D eigenvalue weighted by atomic mass is 19.4. The fourth-order valence-electron chi connectivity index (χ4n) is 1.44. The first-order valence-electron chi connectivity index (χ1n) is 5.48. The van der Waals surface area contributed by atoms with Crippen LogP contribution in [0.4, 0.5) is 13.2 Å². The average Bonchev–Trinajstić information content (AvgIpc) is 2.28. The Morgan fingerprint density at radius 1 is 1.39 bits per heavy atom. The minimum atomic E-state index is -4.19. The third-order valence-electron chi connectivity index (χ3n) is 2.32. The highest BCUT2D eigenvalue weighted by molar-refractivity contribution is 5.80. The van der Waals surface area contributed by atoms with Crippen molar-refractivity contribution in [3.05, 3.63) is 23.9 Å². The van der Waals surface area contributed by atoms with Crippen molar-refractivity contribution >= 4 is 5.78 Å². The molecule has 0 aliphatic rings. The molecule has 0 atom stereocenters. The molecule has 18 heavy (non-hydrogen) atoms. The Morgan fingerprint density at radius 3 is 2.61 bits per heavy atom. The van der Waals surface area contributed by atoms with Gasteiger partial charge in [0.05, 0.1) is 7.11 Å². The Kier molecular flexibility index (Phi) is 5.12. The molecule has 0 saturated carbocycles. The third-order valence-corrected chi connectivity index (χ3v) is 2.32. The number of carbonyl (C=O) groups excluding carboxylic acids is 1. The molecule has 3 nitrogen and oxygen atoms in total. The van der Waals surface area contributed by atoms with E-state index in [0.29, 0.717) is 11.4 Å². The minimum Gasteiger partial charge on any atom is -0.481 e. The van der Waals surface area contributed by atoms with Gasteiger partial charge in [-0.3, -0.25) is 4.79 Å². The topological polar surface area (TPSA) is 39.2 Å². The number of halogens is 3. The van der Waals surface area contributed by atoms with Gasteiger partial charge < -0.3 is 4.74 Å². The van der Waals surface area contributed by atoms with Crippen LogP contribution in [0, 0.1) is 0 Å². The van der Waals surface area contributed by atoms with Gasteiger partial charge in [-0.25, -0.2) is 4.98 Å². The zero-order valence-electron chi connectivity index (χ0n) is 9.96. The van der Waals surface area contributed by atoms with Crippen LogP contribution in [-0.2, 0) is 11.2 Å². The van der Waals surface area contributed by atoms with Crippen LogP contribution < -0.4 is 4.74 Å². The summed E-state index contributed by atoms with van der Waals surface area (Å²) in [5, 5.41) is 0. The summed E-state index contributed by atoms with van der Waals surface area (Å²) in [6, 6.07) is 3.28. The van der Waals surface area contributed by atoms with Crippen molar-refractivity contribution in [2.24, 2.45) is 0 Å². The van der Waals surface area contributed by atoms with Crippen LogP contribution in [0.3, 0.4) is 0 Å². The molecule has 0 radical (unpaired) electrons. The maximum atomic E-state index is 11.9. The molecule has 100 valence electrons. The van der Waals surface area contributed by atoms with E-state index in [2.05, 4.69) is 4.98 Å². The number of pyridine rings is 1. The summed E-state index contributed by atoms with van der Waals surface area (Å²) in [6.07, 6.45) is -3.74. The monoisotopic (exact) mass is 261 g/mol. The van der Waals surface area contributed by atoms with Gasteiger partial charge in [0.15, 0.2) is 0 Å². The largest absolute Gasteiger partial charge is 0.481 e. The first-order chi connectivity index (χ1) is 8.40. The van der Waals surface area contributed by atoms with Crippen molar-refractivity contribution in [1.29, 1.82) is 0 Å². The summed E-state index contributed by atoms with van der Waals surface area (Å²) in [5.74, 6) is 0.217. The van der Waals surface area contributed by atoms with Crippen LogP contribution in [0.5, 0.6) is 5.88 Å². The predicted octanol–water partition coefficient (Wildman–Crippen LogP) is 2.93. The highest BCUT2D eigenvalue weighted by Gasteiger charge is 2.26.